The van der Waals surface area contributed by atoms with Crippen molar-refractivity contribution in [3.05, 3.63) is 35.9 Å². The van der Waals surface area contributed by atoms with Crippen LogP contribution in [0.1, 0.15) is 31.2 Å². The molecule has 1 aromatic carbocycles. The molecular formula is C13H19NO2S. The molecule has 1 aliphatic rings. The molecular weight excluding hydrogens is 234 g/mol. The highest BCUT2D eigenvalue weighted by atomic mass is 32.2. The molecule has 0 aliphatic heterocycles. The molecule has 1 fully saturated rings. The minimum Gasteiger partial charge on any atom is -0.212 e. The van der Waals surface area contributed by atoms with Crippen LogP contribution in [0.5, 0.6) is 0 Å². The highest BCUT2D eigenvalue weighted by Gasteiger charge is 2.20. The standard InChI is InChI=1S/C13H19NO2S/c15-17(16,10-9-12-7-4-8-12)14-11-13-5-2-1-3-6-13/h1-3,5-6,12,14H,4,7-11H2. The molecule has 0 unspecified atom stereocenters. The first-order chi connectivity index (χ1) is 8.16. The zero-order chi connectivity index (χ0) is 12.1. The Kier molecular flexibility index (Phi) is 4.18. The molecule has 1 saturated carbocycles. The second-order valence-corrected chi connectivity index (χ2v) is 6.64. The predicted octanol–water partition coefficient (Wildman–Crippen LogP) is 2.30. The van der Waals surface area contributed by atoms with Gasteiger partial charge in [-0.1, -0.05) is 49.6 Å². The lowest BCUT2D eigenvalue weighted by atomic mass is 9.84. The van der Waals surface area contributed by atoms with E-state index in [1.54, 1.807) is 0 Å². The molecule has 0 spiro atoms. The Labute approximate surface area is 103 Å². The fourth-order valence-electron chi connectivity index (χ4n) is 1.96. The van der Waals surface area contributed by atoms with Gasteiger partial charge < -0.3 is 0 Å². The monoisotopic (exact) mass is 253 g/mol. The molecule has 0 heterocycles. The number of rotatable bonds is 6. The van der Waals surface area contributed by atoms with Gasteiger partial charge >= 0.3 is 0 Å². The number of hydrogen-bond donors (Lipinski definition) is 1. The van der Waals surface area contributed by atoms with E-state index in [0.29, 0.717) is 12.5 Å². The fraction of sp³-hybridized carbons (Fsp3) is 0.538. The van der Waals surface area contributed by atoms with E-state index in [1.165, 1.54) is 19.3 Å². The largest absolute Gasteiger partial charge is 0.212 e. The predicted molar refractivity (Wildman–Crippen MR) is 69.0 cm³/mol. The summed E-state index contributed by atoms with van der Waals surface area (Å²) >= 11 is 0. The molecule has 1 aliphatic carbocycles. The normalized spacial score (nSPS) is 16.7. The minimum atomic E-state index is -3.10. The smallest absolute Gasteiger partial charge is 0.211 e. The lowest BCUT2D eigenvalue weighted by Gasteiger charge is -2.24. The van der Waals surface area contributed by atoms with E-state index in [4.69, 9.17) is 0 Å². The van der Waals surface area contributed by atoms with E-state index in [-0.39, 0.29) is 5.75 Å². The molecule has 0 amide bonds. The third-order valence-corrected chi connectivity index (χ3v) is 4.72. The van der Waals surface area contributed by atoms with Crippen LogP contribution in [0, 0.1) is 5.92 Å². The van der Waals surface area contributed by atoms with Crippen molar-refractivity contribution in [1.82, 2.24) is 4.72 Å². The quantitative estimate of drug-likeness (QED) is 0.845. The molecule has 0 radical (unpaired) electrons. The van der Waals surface area contributed by atoms with E-state index < -0.39 is 10.0 Å². The van der Waals surface area contributed by atoms with Gasteiger partial charge in [0.1, 0.15) is 0 Å². The first kappa shape index (κ1) is 12.6. The van der Waals surface area contributed by atoms with E-state index in [0.717, 1.165) is 12.0 Å². The summed E-state index contributed by atoms with van der Waals surface area (Å²) in [5.74, 6) is 0.910. The van der Waals surface area contributed by atoms with Gasteiger partial charge in [-0.25, -0.2) is 13.1 Å². The summed E-state index contributed by atoms with van der Waals surface area (Å²) in [5.41, 5.74) is 1.000. The Bertz CT molecular complexity index is 438. The zero-order valence-corrected chi connectivity index (χ0v) is 10.7. The number of nitrogens with one attached hydrogen (secondary N) is 1. The molecule has 4 heteroatoms. The van der Waals surface area contributed by atoms with E-state index in [9.17, 15) is 8.42 Å². The Morgan fingerprint density at radius 1 is 1.18 bits per heavy atom. The summed E-state index contributed by atoms with van der Waals surface area (Å²) in [6, 6.07) is 9.60. The molecule has 1 aromatic rings. The van der Waals surface area contributed by atoms with Crippen LogP contribution in [0.4, 0.5) is 0 Å². The molecule has 17 heavy (non-hydrogen) atoms. The Morgan fingerprint density at radius 2 is 1.88 bits per heavy atom. The second-order valence-electron chi connectivity index (χ2n) is 4.71. The van der Waals surface area contributed by atoms with Crippen LogP contribution in [-0.2, 0) is 16.6 Å². The Balaban J connectivity index is 1.76. The Morgan fingerprint density at radius 3 is 2.47 bits per heavy atom. The lowest BCUT2D eigenvalue weighted by molar-refractivity contribution is 0.307. The van der Waals surface area contributed by atoms with Crippen molar-refractivity contribution in [2.75, 3.05) is 5.75 Å². The van der Waals surface area contributed by atoms with Crippen molar-refractivity contribution in [2.24, 2.45) is 5.92 Å². The topological polar surface area (TPSA) is 46.2 Å². The molecule has 0 bridgehead atoms. The zero-order valence-electron chi connectivity index (χ0n) is 9.93. The number of sulfonamides is 1. The molecule has 1 N–H and O–H groups in total. The first-order valence-electron chi connectivity index (χ1n) is 6.17. The maximum absolute atomic E-state index is 11.7. The SMILES string of the molecule is O=S(=O)(CCC1CCC1)NCc1ccccc1. The van der Waals surface area contributed by atoms with E-state index in [1.807, 2.05) is 30.3 Å². The maximum Gasteiger partial charge on any atom is 0.211 e. The minimum absolute atomic E-state index is 0.268. The summed E-state index contributed by atoms with van der Waals surface area (Å²) in [7, 11) is -3.10. The summed E-state index contributed by atoms with van der Waals surface area (Å²) in [4.78, 5) is 0. The summed E-state index contributed by atoms with van der Waals surface area (Å²) < 4.78 is 26.1. The average Bonchev–Trinajstić information content (AvgIpc) is 2.26. The molecule has 0 saturated heterocycles. The van der Waals surface area contributed by atoms with Crippen molar-refractivity contribution < 1.29 is 8.42 Å². The highest BCUT2D eigenvalue weighted by Crippen LogP contribution is 2.29. The van der Waals surface area contributed by atoms with Crippen LogP contribution in [0.15, 0.2) is 30.3 Å². The van der Waals surface area contributed by atoms with Gasteiger partial charge in [0.2, 0.25) is 10.0 Å². The fourth-order valence-corrected chi connectivity index (χ4v) is 3.14. The van der Waals surface area contributed by atoms with Crippen molar-refractivity contribution in [3.63, 3.8) is 0 Å². The van der Waals surface area contributed by atoms with Gasteiger partial charge in [-0.3, -0.25) is 0 Å². The van der Waals surface area contributed by atoms with Gasteiger partial charge in [0.25, 0.3) is 0 Å². The van der Waals surface area contributed by atoms with Gasteiger partial charge in [0, 0.05) is 6.54 Å². The average molecular weight is 253 g/mol. The van der Waals surface area contributed by atoms with Crippen LogP contribution < -0.4 is 4.72 Å². The van der Waals surface area contributed by atoms with Gasteiger partial charge in [-0.05, 0) is 17.9 Å². The molecule has 0 atom stereocenters. The van der Waals surface area contributed by atoms with Crippen molar-refractivity contribution in [1.29, 1.82) is 0 Å². The van der Waals surface area contributed by atoms with E-state index in [2.05, 4.69) is 4.72 Å². The van der Waals surface area contributed by atoms with Gasteiger partial charge in [0.05, 0.1) is 5.75 Å². The van der Waals surface area contributed by atoms with Crippen LogP contribution >= 0.6 is 0 Å². The molecule has 94 valence electrons. The van der Waals surface area contributed by atoms with Crippen LogP contribution in [0.2, 0.25) is 0 Å². The van der Waals surface area contributed by atoms with E-state index >= 15 is 0 Å². The van der Waals surface area contributed by atoms with Crippen LogP contribution in [-0.4, -0.2) is 14.2 Å². The van der Waals surface area contributed by atoms with Crippen molar-refractivity contribution in [3.8, 4) is 0 Å². The summed E-state index contributed by atoms with van der Waals surface area (Å²) in [5, 5.41) is 0. The van der Waals surface area contributed by atoms with Crippen LogP contribution in [0.25, 0.3) is 0 Å². The van der Waals surface area contributed by atoms with Crippen LogP contribution in [0.3, 0.4) is 0 Å². The van der Waals surface area contributed by atoms with Gasteiger partial charge in [-0.15, -0.1) is 0 Å². The lowest BCUT2D eigenvalue weighted by Crippen LogP contribution is -2.28. The molecule has 2 rings (SSSR count). The highest BCUT2D eigenvalue weighted by molar-refractivity contribution is 7.89. The van der Waals surface area contributed by atoms with Crippen molar-refractivity contribution >= 4 is 10.0 Å². The number of benzene rings is 1. The van der Waals surface area contributed by atoms with Crippen molar-refractivity contribution in [2.45, 2.75) is 32.2 Å². The Hall–Kier alpha value is -0.870. The maximum atomic E-state index is 11.7. The third-order valence-electron chi connectivity index (χ3n) is 3.36. The molecule has 3 nitrogen and oxygen atoms in total. The summed E-state index contributed by atoms with van der Waals surface area (Å²) in [6.07, 6.45) is 4.48. The molecule has 0 aromatic heterocycles. The second kappa shape index (κ2) is 5.65. The third kappa shape index (κ3) is 4.13. The van der Waals surface area contributed by atoms with Gasteiger partial charge in [0.15, 0.2) is 0 Å². The summed E-state index contributed by atoms with van der Waals surface area (Å²) in [6.45, 7) is 0.397. The number of hydrogen-bond acceptors (Lipinski definition) is 2. The van der Waals surface area contributed by atoms with Gasteiger partial charge in [-0.2, -0.15) is 0 Å². The first-order valence-corrected chi connectivity index (χ1v) is 7.82.